The van der Waals surface area contributed by atoms with Gasteiger partial charge in [-0.05, 0) is 6.07 Å². The van der Waals surface area contributed by atoms with Crippen LogP contribution in [0.1, 0.15) is 5.56 Å². The summed E-state index contributed by atoms with van der Waals surface area (Å²) >= 11 is 0. The normalized spacial score (nSPS) is 11.1. The molecule has 0 aliphatic heterocycles. The molecule has 1 atom stereocenters. The molecule has 0 saturated heterocycles. The fourth-order valence-electron chi connectivity index (χ4n) is 1.47. The van der Waals surface area contributed by atoms with Crippen molar-refractivity contribution in [3.8, 4) is 0 Å². The zero-order valence-electron chi connectivity index (χ0n) is 8.55. The van der Waals surface area contributed by atoms with E-state index in [1.54, 1.807) is 6.07 Å². The molecule has 1 aromatic carbocycles. The van der Waals surface area contributed by atoms with Crippen LogP contribution in [0, 0.1) is 0 Å². The van der Waals surface area contributed by atoms with E-state index >= 15 is 0 Å². The van der Waals surface area contributed by atoms with E-state index < -0.39 is 6.09 Å². The van der Waals surface area contributed by atoms with Gasteiger partial charge >= 0.3 is 0 Å². The van der Waals surface area contributed by atoms with E-state index in [4.69, 9.17) is 0 Å². The van der Waals surface area contributed by atoms with E-state index in [1.807, 2.05) is 41.8 Å². The Morgan fingerprint density at radius 1 is 1.19 bits per heavy atom. The summed E-state index contributed by atoms with van der Waals surface area (Å²) < 4.78 is 0. The molecule has 3 nitrogen and oxygen atoms in total. The number of anilines is 1. The topological polar surface area (TPSA) is 52.2 Å². The van der Waals surface area contributed by atoms with Gasteiger partial charge in [0.15, 0.2) is 5.75 Å². The Labute approximate surface area is 96.3 Å². The lowest BCUT2D eigenvalue weighted by molar-refractivity contribution is -0.242. The summed E-state index contributed by atoms with van der Waals surface area (Å²) in [4.78, 5) is 10.5. The minimum absolute atomic E-state index is 0.188. The summed E-state index contributed by atoms with van der Waals surface area (Å²) in [6.07, 6.45) is -1.25. The molecule has 0 aliphatic carbocycles. The second-order valence-electron chi connectivity index (χ2n) is 3.33. The van der Waals surface area contributed by atoms with Crippen molar-refractivity contribution in [1.82, 2.24) is 0 Å². The smallest absolute Gasteiger partial charge is 0.246 e. The van der Waals surface area contributed by atoms with Crippen LogP contribution in [-0.4, -0.2) is 6.09 Å². The summed E-state index contributed by atoms with van der Waals surface area (Å²) in [5.41, 5.74) is 1.20. The molecule has 1 amide bonds. The highest BCUT2D eigenvalue weighted by molar-refractivity contribution is 7.33. The standard InChI is InChI=1S/C12H11NO2S/c14-12(15)13-11-7-4-8-16(11)9-10-5-2-1-3-6-10/h1-8,13H,9H2. The van der Waals surface area contributed by atoms with E-state index in [2.05, 4.69) is 5.32 Å². The van der Waals surface area contributed by atoms with Gasteiger partial charge in [-0.1, -0.05) is 30.3 Å². The molecule has 2 rings (SSSR count). The SMILES string of the molecule is O=C([O-])Nc1ccc[s+]1Cc1ccccc1. The molecule has 1 heterocycles. The van der Waals surface area contributed by atoms with Crippen molar-refractivity contribution >= 4 is 21.6 Å². The lowest BCUT2D eigenvalue weighted by Gasteiger charge is -2.01. The Kier molecular flexibility index (Phi) is 3.22. The van der Waals surface area contributed by atoms with E-state index in [1.165, 1.54) is 5.56 Å². The molecule has 0 aliphatic rings. The molecule has 82 valence electrons. The lowest BCUT2D eigenvalue weighted by atomic mass is 10.2. The van der Waals surface area contributed by atoms with E-state index in [0.717, 1.165) is 5.75 Å². The van der Waals surface area contributed by atoms with E-state index in [0.29, 0.717) is 5.00 Å². The highest BCUT2D eigenvalue weighted by atomic mass is 32.2. The summed E-state index contributed by atoms with van der Waals surface area (Å²) in [5, 5.41) is 15.5. The van der Waals surface area contributed by atoms with Gasteiger partial charge < -0.3 is 9.90 Å². The first kappa shape index (κ1) is 10.7. The fourth-order valence-corrected chi connectivity index (χ4v) is 3.16. The molecular formula is C12H11NO2S. The molecule has 4 heteroatoms. The largest absolute Gasteiger partial charge is 0.530 e. The van der Waals surface area contributed by atoms with Crippen LogP contribution < -0.4 is 10.4 Å². The zero-order chi connectivity index (χ0) is 11.4. The van der Waals surface area contributed by atoms with Crippen molar-refractivity contribution in [2.75, 3.05) is 5.32 Å². The van der Waals surface area contributed by atoms with Crippen molar-refractivity contribution in [1.29, 1.82) is 0 Å². The molecule has 0 bridgehead atoms. The first-order chi connectivity index (χ1) is 7.75. The molecule has 1 unspecified atom stereocenters. The Morgan fingerprint density at radius 3 is 2.62 bits per heavy atom. The molecule has 16 heavy (non-hydrogen) atoms. The predicted molar refractivity (Wildman–Crippen MR) is 63.5 cm³/mol. The van der Waals surface area contributed by atoms with Crippen molar-refractivity contribution in [2.24, 2.45) is 0 Å². The fraction of sp³-hybridized carbons (Fsp3) is 0.0833. The maximum absolute atomic E-state index is 10.5. The van der Waals surface area contributed by atoms with Crippen LogP contribution in [0.4, 0.5) is 9.80 Å². The Balaban J connectivity index is 2.16. The Morgan fingerprint density at radius 2 is 1.94 bits per heavy atom. The maximum atomic E-state index is 10.5. The zero-order valence-corrected chi connectivity index (χ0v) is 9.37. The number of carboxylic acid groups (broad SMARTS) is 1. The van der Waals surface area contributed by atoms with Crippen molar-refractivity contribution in [3.05, 3.63) is 53.4 Å². The number of benzene rings is 1. The maximum Gasteiger partial charge on any atom is 0.246 e. The third kappa shape index (κ3) is 2.61. The number of carbonyl (C=O) groups excluding carboxylic acids is 1. The Bertz CT molecular complexity index is 479. The second-order valence-corrected chi connectivity index (χ2v) is 5.19. The first-order valence-corrected chi connectivity index (χ1v) is 6.31. The molecular weight excluding hydrogens is 222 g/mol. The number of rotatable bonds is 3. The minimum Gasteiger partial charge on any atom is -0.530 e. The predicted octanol–water partition coefficient (Wildman–Crippen LogP) is 2.24. The van der Waals surface area contributed by atoms with Crippen LogP contribution in [-0.2, 0) is 5.75 Å². The van der Waals surface area contributed by atoms with Gasteiger partial charge in [-0.15, -0.1) is 0 Å². The minimum atomic E-state index is -1.25. The molecule has 1 N–H and O–H groups in total. The number of nitrogens with one attached hydrogen (secondary N) is 1. The lowest BCUT2D eigenvalue weighted by Crippen LogP contribution is -2.28. The third-order valence-electron chi connectivity index (χ3n) is 2.16. The van der Waals surface area contributed by atoms with Crippen LogP contribution in [0.25, 0.3) is 0 Å². The van der Waals surface area contributed by atoms with Crippen LogP contribution in [0.5, 0.6) is 0 Å². The van der Waals surface area contributed by atoms with Gasteiger partial charge in [0.25, 0.3) is 0 Å². The van der Waals surface area contributed by atoms with Crippen LogP contribution in [0.2, 0.25) is 0 Å². The average molecular weight is 233 g/mol. The number of thiophene rings is 1. The van der Waals surface area contributed by atoms with Gasteiger partial charge in [0, 0.05) is 22.1 Å². The van der Waals surface area contributed by atoms with Gasteiger partial charge in [-0.25, -0.2) is 0 Å². The van der Waals surface area contributed by atoms with Crippen LogP contribution >= 0.6 is 10.5 Å². The molecule has 0 spiro atoms. The number of carbonyl (C=O) groups is 1. The van der Waals surface area contributed by atoms with Gasteiger partial charge in [0.05, 0.1) is 0 Å². The van der Waals surface area contributed by atoms with Gasteiger partial charge in [0.1, 0.15) is 11.5 Å². The average Bonchev–Trinajstić information content (AvgIpc) is 2.66. The van der Waals surface area contributed by atoms with E-state index in [9.17, 15) is 9.90 Å². The summed E-state index contributed by atoms with van der Waals surface area (Å²) in [7, 11) is -0.188. The number of hydrogen-bond donors (Lipinski definition) is 1. The van der Waals surface area contributed by atoms with Crippen molar-refractivity contribution < 1.29 is 9.90 Å². The highest BCUT2D eigenvalue weighted by Crippen LogP contribution is 2.33. The number of hydrogen-bond acceptors (Lipinski definition) is 2. The molecule has 0 radical (unpaired) electrons. The summed E-state index contributed by atoms with van der Waals surface area (Å²) in [5.74, 6) is 0.823. The molecule has 2 aromatic rings. The summed E-state index contributed by atoms with van der Waals surface area (Å²) in [6.45, 7) is 0. The first-order valence-electron chi connectivity index (χ1n) is 4.86. The van der Waals surface area contributed by atoms with Crippen LogP contribution in [0.15, 0.2) is 47.8 Å². The monoisotopic (exact) mass is 233 g/mol. The van der Waals surface area contributed by atoms with Gasteiger partial charge in [0.2, 0.25) is 5.00 Å². The third-order valence-corrected chi connectivity index (χ3v) is 4.10. The van der Waals surface area contributed by atoms with Crippen molar-refractivity contribution in [2.45, 2.75) is 5.75 Å². The highest BCUT2D eigenvalue weighted by Gasteiger charge is 2.13. The quantitative estimate of drug-likeness (QED) is 0.826. The molecule has 0 fully saturated rings. The van der Waals surface area contributed by atoms with E-state index in [-0.39, 0.29) is 10.5 Å². The second kappa shape index (κ2) is 4.81. The number of amides is 1. The van der Waals surface area contributed by atoms with Crippen molar-refractivity contribution in [3.63, 3.8) is 0 Å². The van der Waals surface area contributed by atoms with Gasteiger partial charge in [-0.2, -0.15) is 0 Å². The van der Waals surface area contributed by atoms with Crippen LogP contribution in [0.3, 0.4) is 0 Å². The molecule has 0 saturated carbocycles. The Hall–Kier alpha value is -1.81. The molecule has 1 aromatic heterocycles. The van der Waals surface area contributed by atoms with Gasteiger partial charge in [-0.3, -0.25) is 5.32 Å². The summed E-state index contributed by atoms with van der Waals surface area (Å²) in [6, 6.07) is 13.7.